The molecule has 0 saturated carbocycles. The Morgan fingerprint density at radius 1 is 1.33 bits per heavy atom. The van der Waals surface area contributed by atoms with E-state index in [2.05, 4.69) is 20.8 Å². The zero-order valence-corrected chi connectivity index (χ0v) is 12.9. The number of imidazole rings is 1. The number of nitriles is 1. The number of hydrogen-bond acceptors (Lipinski definition) is 5. The molecular weight excluding hydrogens is 308 g/mol. The van der Waals surface area contributed by atoms with E-state index in [-0.39, 0.29) is 5.03 Å². The number of aromatic nitrogens is 2. The first-order valence-electron chi connectivity index (χ1n) is 6.67. The van der Waals surface area contributed by atoms with Crippen LogP contribution in [0.2, 0.25) is 0 Å². The van der Waals surface area contributed by atoms with Crippen LogP contribution in [0.5, 0.6) is 0 Å². The van der Waals surface area contributed by atoms with Gasteiger partial charge in [0.05, 0.1) is 18.1 Å². The molecule has 2 heterocycles. The molecule has 2 aromatic heterocycles. The van der Waals surface area contributed by atoms with Crippen LogP contribution < -0.4 is 4.72 Å². The van der Waals surface area contributed by atoms with Crippen molar-refractivity contribution in [3.63, 3.8) is 0 Å². The minimum absolute atomic E-state index is 0.00464. The van der Waals surface area contributed by atoms with Crippen LogP contribution in [0.25, 0.3) is 0 Å². The quantitative estimate of drug-likeness (QED) is 0.848. The monoisotopic (exact) mass is 322 g/mol. The Bertz CT molecular complexity index is 785. The van der Waals surface area contributed by atoms with Gasteiger partial charge in [-0.3, -0.25) is 4.72 Å². The second-order valence-electron chi connectivity index (χ2n) is 4.90. The van der Waals surface area contributed by atoms with Crippen molar-refractivity contribution in [1.82, 2.24) is 9.97 Å². The van der Waals surface area contributed by atoms with Gasteiger partial charge in [-0.1, -0.05) is 6.42 Å². The number of nitrogens with zero attached hydrogens (tertiary/aromatic N) is 2. The summed E-state index contributed by atoms with van der Waals surface area (Å²) in [4.78, 5) is 7.41. The zero-order chi connectivity index (χ0) is 14.9. The molecule has 0 unspecified atom stereocenters. The summed E-state index contributed by atoms with van der Waals surface area (Å²) in [5.74, 6) is 0. The predicted molar refractivity (Wildman–Crippen MR) is 79.7 cm³/mol. The number of H-pyrrole nitrogens is 1. The van der Waals surface area contributed by atoms with Gasteiger partial charge in [0.15, 0.2) is 5.03 Å². The molecule has 2 N–H and O–H groups in total. The highest BCUT2D eigenvalue weighted by atomic mass is 32.2. The van der Waals surface area contributed by atoms with Crippen molar-refractivity contribution in [2.75, 3.05) is 4.72 Å². The number of rotatable bonds is 3. The summed E-state index contributed by atoms with van der Waals surface area (Å²) in [7, 11) is -3.72. The van der Waals surface area contributed by atoms with E-state index in [4.69, 9.17) is 0 Å². The topological polar surface area (TPSA) is 98.6 Å². The van der Waals surface area contributed by atoms with Gasteiger partial charge in [0.2, 0.25) is 0 Å². The fourth-order valence-electron chi connectivity index (χ4n) is 2.50. The van der Waals surface area contributed by atoms with Crippen molar-refractivity contribution in [1.29, 1.82) is 5.26 Å². The van der Waals surface area contributed by atoms with Crippen LogP contribution in [0.1, 0.15) is 35.3 Å². The molecule has 21 heavy (non-hydrogen) atoms. The van der Waals surface area contributed by atoms with Crippen molar-refractivity contribution in [3.05, 3.63) is 28.5 Å². The van der Waals surface area contributed by atoms with E-state index < -0.39 is 10.0 Å². The number of aromatic amines is 1. The van der Waals surface area contributed by atoms with Gasteiger partial charge in [-0.05, 0) is 31.2 Å². The van der Waals surface area contributed by atoms with Crippen molar-refractivity contribution in [2.45, 2.75) is 37.1 Å². The third kappa shape index (κ3) is 2.66. The van der Waals surface area contributed by atoms with Crippen LogP contribution in [-0.4, -0.2) is 18.4 Å². The number of hydrogen-bond donors (Lipinski definition) is 2. The first-order chi connectivity index (χ1) is 10.1. The molecule has 2 aromatic rings. The normalized spacial score (nSPS) is 15.0. The zero-order valence-electron chi connectivity index (χ0n) is 11.2. The third-order valence-corrected chi connectivity index (χ3v) is 6.13. The van der Waals surface area contributed by atoms with E-state index in [0.717, 1.165) is 42.5 Å². The fourth-order valence-corrected chi connectivity index (χ4v) is 4.95. The smallest absolute Gasteiger partial charge is 0.279 e. The Kier molecular flexibility index (Phi) is 3.69. The lowest BCUT2D eigenvalue weighted by Crippen LogP contribution is -2.13. The Hall–Kier alpha value is -1.85. The summed E-state index contributed by atoms with van der Waals surface area (Å²) in [6, 6.07) is 2.16. The molecule has 0 fully saturated rings. The van der Waals surface area contributed by atoms with Gasteiger partial charge in [-0.15, -0.1) is 11.3 Å². The Morgan fingerprint density at radius 3 is 2.86 bits per heavy atom. The Balaban J connectivity index is 1.99. The number of aryl methyl sites for hydroxylation is 1. The molecule has 0 aliphatic heterocycles. The van der Waals surface area contributed by atoms with Crippen molar-refractivity contribution >= 4 is 26.4 Å². The van der Waals surface area contributed by atoms with Crippen LogP contribution in [0, 0.1) is 11.3 Å². The first kappa shape index (κ1) is 14.1. The minimum atomic E-state index is -3.72. The summed E-state index contributed by atoms with van der Waals surface area (Å²) < 4.78 is 27.0. The van der Waals surface area contributed by atoms with E-state index >= 15 is 0 Å². The SMILES string of the molecule is N#Cc1c(NS(=O)(=O)c2cnc[nH]2)sc2c1CCCCC2. The highest BCUT2D eigenvalue weighted by molar-refractivity contribution is 7.92. The Morgan fingerprint density at radius 2 is 2.14 bits per heavy atom. The maximum Gasteiger partial charge on any atom is 0.279 e. The summed E-state index contributed by atoms with van der Waals surface area (Å²) >= 11 is 1.38. The lowest BCUT2D eigenvalue weighted by molar-refractivity contribution is 0.598. The van der Waals surface area contributed by atoms with Gasteiger partial charge in [0.25, 0.3) is 10.0 Å². The molecule has 0 bridgehead atoms. The minimum Gasteiger partial charge on any atom is -0.334 e. The lowest BCUT2D eigenvalue weighted by atomic mass is 10.1. The first-order valence-corrected chi connectivity index (χ1v) is 8.97. The molecule has 0 amide bonds. The van der Waals surface area contributed by atoms with Gasteiger partial charge in [0, 0.05) is 4.88 Å². The average molecular weight is 322 g/mol. The highest BCUT2D eigenvalue weighted by Gasteiger charge is 2.24. The van der Waals surface area contributed by atoms with Crippen molar-refractivity contribution < 1.29 is 8.42 Å². The second kappa shape index (κ2) is 5.50. The van der Waals surface area contributed by atoms with Gasteiger partial charge < -0.3 is 4.98 Å². The van der Waals surface area contributed by atoms with Crippen molar-refractivity contribution in [3.8, 4) is 6.07 Å². The molecule has 110 valence electrons. The number of sulfonamides is 1. The maximum absolute atomic E-state index is 12.2. The summed E-state index contributed by atoms with van der Waals surface area (Å²) in [5.41, 5.74) is 1.49. The van der Waals surface area contributed by atoms with Crippen molar-refractivity contribution in [2.24, 2.45) is 0 Å². The van der Waals surface area contributed by atoms with Gasteiger partial charge in [-0.2, -0.15) is 13.7 Å². The van der Waals surface area contributed by atoms with Crippen LogP contribution in [-0.2, 0) is 22.9 Å². The summed E-state index contributed by atoms with van der Waals surface area (Å²) in [6.45, 7) is 0. The van der Waals surface area contributed by atoms with Crippen LogP contribution in [0.4, 0.5) is 5.00 Å². The van der Waals surface area contributed by atoms with E-state index in [0.29, 0.717) is 10.6 Å². The number of thiophene rings is 1. The molecule has 8 heteroatoms. The molecule has 1 aliphatic carbocycles. The third-order valence-electron chi connectivity index (χ3n) is 3.52. The molecule has 0 radical (unpaired) electrons. The maximum atomic E-state index is 12.2. The van der Waals surface area contributed by atoms with Crippen LogP contribution in [0.15, 0.2) is 17.6 Å². The lowest BCUT2D eigenvalue weighted by Gasteiger charge is -2.04. The number of anilines is 1. The summed E-state index contributed by atoms with van der Waals surface area (Å²) in [5, 5.41) is 9.80. The number of nitrogens with one attached hydrogen (secondary N) is 2. The number of fused-ring (bicyclic) bond motifs is 1. The van der Waals surface area contributed by atoms with E-state index in [1.165, 1.54) is 23.9 Å². The van der Waals surface area contributed by atoms with E-state index in [1.54, 1.807) is 0 Å². The molecule has 0 aromatic carbocycles. The molecule has 6 nitrogen and oxygen atoms in total. The Labute approximate surface area is 126 Å². The van der Waals surface area contributed by atoms with Gasteiger partial charge >= 0.3 is 0 Å². The van der Waals surface area contributed by atoms with Crippen LogP contribution >= 0.6 is 11.3 Å². The molecule has 3 rings (SSSR count). The van der Waals surface area contributed by atoms with Crippen LogP contribution in [0.3, 0.4) is 0 Å². The molecule has 0 atom stereocenters. The molecular formula is C13H14N4O2S2. The average Bonchev–Trinajstić information content (AvgIpc) is 3.03. The second-order valence-corrected chi connectivity index (χ2v) is 7.66. The highest BCUT2D eigenvalue weighted by Crippen LogP contribution is 2.37. The van der Waals surface area contributed by atoms with Gasteiger partial charge in [0.1, 0.15) is 11.1 Å². The summed E-state index contributed by atoms with van der Waals surface area (Å²) in [6.07, 6.45) is 7.61. The van der Waals surface area contributed by atoms with E-state index in [1.807, 2.05) is 0 Å². The standard InChI is InChI=1S/C13H14N4O2S2/c14-6-10-9-4-2-1-3-5-11(9)20-13(10)17-21(18,19)12-7-15-8-16-12/h7-8,17H,1-5H2,(H,15,16). The van der Waals surface area contributed by atoms with Gasteiger partial charge in [-0.25, -0.2) is 4.98 Å². The molecule has 1 aliphatic rings. The molecule has 0 saturated heterocycles. The van der Waals surface area contributed by atoms with E-state index in [9.17, 15) is 13.7 Å². The molecule has 0 spiro atoms. The predicted octanol–water partition coefficient (Wildman–Crippen LogP) is 2.41. The fraction of sp³-hybridized carbons (Fsp3) is 0.385. The largest absolute Gasteiger partial charge is 0.334 e.